The molecule has 1 aromatic heterocycles. The SMILES string of the molecule is CC(C)c1scnc1C(=O)N(C)C1CC2CCC(C1)N2C. The van der Waals surface area contributed by atoms with Crippen LogP contribution in [0.15, 0.2) is 5.51 Å². The van der Waals surface area contributed by atoms with E-state index in [1.807, 2.05) is 11.9 Å². The number of aromatic nitrogens is 1. The lowest BCUT2D eigenvalue weighted by atomic mass is 9.96. The molecule has 116 valence electrons. The molecule has 2 unspecified atom stereocenters. The lowest BCUT2D eigenvalue weighted by Crippen LogP contribution is -2.49. The second kappa shape index (κ2) is 5.69. The van der Waals surface area contributed by atoms with Crippen LogP contribution < -0.4 is 0 Å². The molecule has 2 fully saturated rings. The van der Waals surface area contributed by atoms with Crippen molar-refractivity contribution in [1.82, 2.24) is 14.8 Å². The Labute approximate surface area is 131 Å². The minimum absolute atomic E-state index is 0.105. The average molecular weight is 307 g/mol. The summed E-state index contributed by atoms with van der Waals surface area (Å²) in [6, 6.07) is 1.68. The minimum atomic E-state index is 0.105. The second-order valence-electron chi connectivity index (χ2n) is 6.81. The molecule has 0 aromatic carbocycles. The van der Waals surface area contributed by atoms with Crippen molar-refractivity contribution in [3.8, 4) is 0 Å². The maximum atomic E-state index is 12.8. The zero-order valence-electron chi connectivity index (χ0n) is 13.4. The van der Waals surface area contributed by atoms with E-state index in [4.69, 9.17) is 0 Å². The number of carbonyl (C=O) groups excluding carboxylic acids is 1. The van der Waals surface area contributed by atoms with Crippen LogP contribution in [0.2, 0.25) is 0 Å². The van der Waals surface area contributed by atoms with Crippen molar-refractivity contribution in [2.75, 3.05) is 14.1 Å². The molecule has 0 radical (unpaired) electrons. The summed E-state index contributed by atoms with van der Waals surface area (Å²) in [6.45, 7) is 4.25. The van der Waals surface area contributed by atoms with Crippen LogP contribution in [0.1, 0.15) is 60.8 Å². The average Bonchev–Trinajstić information content (AvgIpc) is 3.00. The van der Waals surface area contributed by atoms with Gasteiger partial charge in [0.05, 0.1) is 5.51 Å². The van der Waals surface area contributed by atoms with Gasteiger partial charge in [-0.25, -0.2) is 4.98 Å². The zero-order chi connectivity index (χ0) is 15.1. The molecule has 0 N–H and O–H groups in total. The van der Waals surface area contributed by atoms with Crippen LogP contribution in [0.5, 0.6) is 0 Å². The Hall–Kier alpha value is -0.940. The third kappa shape index (κ3) is 2.61. The van der Waals surface area contributed by atoms with Crippen molar-refractivity contribution in [3.05, 3.63) is 16.1 Å². The van der Waals surface area contributed by atoms with Crippen LogP contribution >= 0.6 is 11.3 Å². The summed E-state index contributed by atoms with van der Waals surface area (Å²) in [5, 5.41) is 0. The van der Waals surface area contributed by atoms with Crippen LogP contribution in [-0.2, 0) is 0 Å². The molecule has 3 rings (SSSR count). The maximum absolute atomic E-state index is 12.8. The van der Waals surface area contributed by atoms with Crippen molar-refractivity contribution >= 4 is 17.2 Å². The van der Waals surface area contributed by atoms with Gasteiger partial charge in [0.25, 0.3) is 5.91 Å². The first-order valence-corrected chi connectivity index (χ1v) is 8.79. The number of piperidine rings is 1. The smallest absolute Gasteiger partial charge is 0.273 e. The molecule has 2 atom stereocenters. The monoisotopic (exact) mass is 307 g/mol. The highest BCUT2D eigenvalue weighted by Gasteiger charge is 2.41. The molecule has 2 aliphatic heterocycles. The highest BCUT2D eigenvalue weighted by Crippen LogP contribution is 2.36. The summed E-state index contributed by atoms with van der Waals surface area (Å²) in [7, 11) is 4.19. The van der Waals surface area contributed by atoms with E-state index >= 15 is 0 Å². The molecule has 2 aliphatic rings. The number of carbonyl (C=O) groups is 1. The summed E-state index contributed by atoms with van der Waals surface area (Å²) >= 11 is 1.60. The van der Waals surface area contributed by atoms with Crippen molar-refractivity contribution in [3.63, 3.8) is 0 Å². The third-order valence-electron chi connectivity index (χ3n) is 5.26. The van der Waals surface area contributed by atoms with Gasteiger partial charge in [0.1, 0.15) is 5.69 Å². The van der Waals surface area contributed by atoms with Gasteiger partial charge in [0.2, 0.25) is 0 Å². The van der Waals surface area contributed by atoms with Crippen molar-refractivity contribution in [2.24, 2.45) is 0 Å². The molecule has 4 nitrogen and oxygen atoms in total. The van der Waals surface area contributed by atoms with Crippen molar-refractivity contribution in [1.29, 1.82) is 0 Å². The van der Waals surface area contributed by atoms with E-state index in [9.17, 15) is 4.79 Å². The van der Waals surface area contributed by atoms with E-state index in [-0.39, 0.29) is 5.91 Å². The van der Waals surface area contributed by atoms with E-state index in [2.05, 4.69) is 30.8 Å². The summed E-state index contributed by atoms with van der Waals surface area (Å²) < 4.78 is 0. The van der Waals surface area contributed by atoms with Gasteiger partial charge in [-0.1, -0.05) is 13.8 Å². The number of nitrogens with zero attached hydrogens (tertiary/aromatic N) is 3. The zero-order valence-corrected chi connectivity index (χ0v) is 14.2. The molecule has 2 saturated heterocycles. The summed E-state index contributed by atoms with van der Waals surface area (Å²) in [6.07, 6.45) is 4.79. The van der Waals surface area contributed by atoms with Crippen LogP contribution in [0.25, 0.3) is 0 Å². The second-order valence-corrected chi connectivity index (χ2v) is 7.70. The van der Waals surface area contributed by atoms with Crippen LogP contribution in [0.4, 0.5) is 0 Å². The van der Waals surface area contributed by atoms with Crippen LogP contribution in [0.3, 0.4) is 0 Å². The quantitative estimate of drug-likeness (QED) is 0.861. The van der Waals surface area contributed by atoms with E-state index in [1.165, 1.54) is 12.8 Å². The number of hydrogen-bond acceptors (Lipinski definition) is 4. The topological polar surface area (TPSA) is 36.4 Å². The van der Waals surface area contributed by atoms with E-state index in [0.717, 1.165) is 17.7 Å². The van der Waals surface area contributed by atoms with Crippen LogP contribution in [-0.4, -0.2) is 52.9 Å². The predicted octanol–water partition coefficient (Wildman–Crippen LogP) is 2.96. The highest BCUT2D eigenvalue weighted by molar-refractivity contribution is 7.10. The molecule has 2 bridgehead atoms. The number of thiazole rings is 1. The summed E-state index contributed by atoms with van der Waals surface area (Å²) in [5.41, 5.74) is 2.47. The third-order valence-corrected chi connectivity index (χ3v) is 6.39. The molecule has 3 heterocycles. The summed E-state index contributed by atoms with van der Waals surface area (Å²) in [4.78, 5) is 22.7. The fraction of sp³-hybridized carbons (Fsp3) is 0.750. The van der Waals surface area contributed by atoms with Gasteiger partial charge < -0.3 is 9.80 Å². The Morgan fingerprint density at radius 3 is 2.57 bits per heavy atom. The summed E-state index contributed by atoms with van der Waals surface area (Å²) in [5.74, 6) is 0.465. The lowest BCUT2D eigenvalue weighted by Gasteiger charge is -2.40. The van der Waals surface area contributed by atoms with Gasteiger partial charge in [0, 0.05) is 30.1 Å². The molecule has 0 spiro atoms. The molecule has 1 amide bonds. The van der Waals surface area contributed by atoms with Gasteiger partial charge in [-0.15, -0.1) is 11.3 Å². The van der Waals surface area contributed by atoms with E-state index in [1.54, 1.807) is 16.8 Å². The molecular weight excluding hydrogens is 282 g/mol. The minimum Gasteiger partial charge on any atom is -0.337 e. The molecule has 0 aliphatic carbocycles. The van der Waals surface area contributed by atoms with E-state index in [0.29, 0.717) is 29.7 Å². The van der Waals surface area contributed by atoms with Gasteiger partial charge in [-0.2, -0.15) is 0 Å². The van der Waals surface area contributed by atoms with Crippen LogP contribution in [0, 0.1) is 0 Å². The van der Waals surface area contributed by atoms with Crippen molar-refractivity contribution in [2.45, 2.75) is 63.6 Å². The lowest BCUT2D eigenvalue weighted by molar-refractivity contribution is 0.0557. The fourth-order valence-electron chi connectivity index (χ4n) is 3.86. The Balaban J connectivity index is 1.75. The first-order chi connectivity index (χ1) is 9.99. The highest BCUT2D eigenvalue weighted by atomic mass is 32.1. The van der Waals surface area contributed by atoms with Gasteiger partial charge in [-0.05, 0) is 38.6 Å². The Kier molecular flexibility index (Phi) is 4.06. The number of hydrogen-bond donors (Lipinski definition) is 0. The first-order valence-electron chi connectivity index (χ1n) is 7.91. The normalized spacial score (nSPS) is 29.1. The fourth-order valence-corrected chi connectivity index (χ4v) is 4.65. The number of fused-ring (bicyclic) bond motifs is 2. The van der Waals surface area contributed by atoms with Gasteiger partial charge >= 0.3 is 0 Å². The molecule has 5 heteroatoms. The number of rotatable bonds is 3. The van der Waals surface area contributed by atoms with E-state index < -0.39 is 0 Å². The van der Waals surface area contributed by atoms with Crippen molar-refractivity contribution < 1.29 is 4.79 Å². The number of amides is 1. The first kappa shape index (κ1) is 15.0. The Morgan fingerprint density at radius 2 is 2.00 bits per heavy atom. The Bertz CT molecular complexity index is 513. The largest absolute Gasteiger partial charge is 0.337 e. The Morgan fingerprint density at radius 1 is 1.38 bits per heavy atom. The standard InChI is InChI=1S/C16H25N3OS/c1-10(2)15-14(17-9-21-15)16(20)19(4)13-7-11-5-6-12(8-13)18(11)3/h9-13H,5-8H2,1-4H3. The molecule has 21 heavy (non-hydrogen) atoms. The van der Waals surface area contributed by atoms with Gasteiger partial charge in [-0.3, -0.25) is 4.79 Å². The molecule has 0 saturated carbocycles. The predicted molar refractivity (Wildman–Crippen MR) is 85.9 cm³/mol. The maximum Gasteiger partial charge on any atom is 0.273 e. The molecule has 1 aromatic rings. The molecular formula is C16H25N3OS. The van der Waals surface area contributed by atoms with Gasteiger partial charge in [0.15, 0.2) is 0 Å².